The van der Waals surface area contributed by atoms with Gasteiger partial charge in [0.1, 0.15) is 6.34 Å². The molecule has 0 aromatic rings. The number of amides is 1. The minimum Gasteiger partial charge on any atom is -0.314 e. The zero-order chi connectivity index (χ0) is 9.68. The van der Waals surface area contributed by atoms with Crippen LogP contribution in [0.4, 0.5) is 0 Å². The lowest BCUT2D eigenvalue weighted by Crippen LogP contribution is -2.57. The summed E-state index contributed by atoms with van der Waals surface area (Å²) in [6.45, 7) is 4.88. The van der Waals surface area contributed by atoms with Crippen LogP contribution in [0, 0.1) is 5.41 Å². The van der Waals surface area contributed by atoms with Crippen molar-refractivity contribution in [2.45, 2.75) is 6.92 Å². The van der Waals surface area contributed by atoms with Crippen LogP contribution >= 0.6 is 0 Å². The Kier molecular flexibility index (Phi) is 3.81. The predicted molar refractivity (Wildman–Crippen MR) is 48.9 cm³/mol. The number of carbonyl (C=O) groups is 1. The van der Waals surface area contributed by atoms with Crippen LogP contribution in [-0.4, -0.2) is 48.4 Å². The highest BCUT2D eigenvalue weighted by molar-refractivity contribution is 5.84. The topological polar surface area (TPSA) is 71.5 Å². The molecule has 0 unspecified atom stereocenters. The van der Waals surface area contributed by atoms with Crippen molar-refractivity contribution in [3.05, 3.63) is 0 Å². The molecule has 0 aromatic heterocycles. The van der Waals surface area contributed by atoms with E-state index in [1.165, 1.54) is 6.92 Å². The fourth-order valence-corrected chi connectivity index (χ4v) is 1.11. The molecule has 1 saturated heterocycles. The number of hydrogen-bond donors (Lipinski definition) is 3. The van der Waals surface area contributed by atoms with Crippen LogP contribution in [0.5, 0.6) is 0 Å². The molecule has 0 atom stereocenters. The minimum atomic E-state index is -0.187. The van der Waals surface area contributed by atoms with E-state index in [0.717, 1.165) is 37.5 Å². The molecule has 0 aliphatic carbocycles. The van der Waals surface area contributed by atoms with Gasteiger partial charge in [-0.1, -0.05) is 0 Å². The fourth-order valence-electron chi connectivity index (χ4n) is 1.11. The highest BCUT2D eigenvalue weighted by Crippen LogP contribution is 1.88. The molecule has 74 valence electrons. The Morgan fingerprint density at radius 3 is 2.69 bits per heavy atom. The van der Waals surface area contributed by atoms with Gasteiger partial charge in [-0.05, 0) is 0 Å². The minimum absolute atomic E-state index is 0.187. The van der Waals surface area contributed by atoms with Crippen LogP contribution in [-0.2, 0) is 4.79 Å². The zero-order valence-electron chi connectivity index (χ0n) is 7.71. The van der Waals surface area contributed by atoms with Crippen LogP contribution in [0.25, 0.3) is 0 Å². The summed E-state index contributed by atoms with van der Waals surface area (Å²) < 4.78 is 0. The van der Waals surface area contributed by atoms with Crippen molar-refractivity contribution in [2.24, 2.45) is 0 Å². The molecular formula is C7H15N5O. The van der Waals surface area contributed by atoms with E-state index in [2.05, 4.69) is 10.9 Å². The molecule has 1 aliphatic heterocycles. The Bertz CT molecular complexity index is 189. The van der Waals surface area contributed by atoms with Crippen molar-refractivity contribution in [3.63, 3.8) is 0 Å². The van der Waals surface area contributed by atoms with Crippen molar-refractivity contribution in [3.8, 4) is 0 Å². The van der Waals surface area contributed by atoms with E-state index in [-0.39, 0.29) is 5.91 Å². The average molecular weight is 185 g/mol. The maximum Gasteiger partial charge on any atom is 0.240 e. The average Bonchev–Trinajstić information content (AvgIpc) is 2.15. The first-order valence-corrected chi connectivity index (χ1v) is 4.26. The zero-order valence-corrected chi connectivity index (χ0v) is 7.71. The standard InChI is InChI=1S/C7H15N5O/c1-7(13)12(6-8)10-11-4-2-9-3-5-11/h6,8-10H,2-5H2,1H3. The summed E-state index contributed by atoms with van der Waals surface area (Å²) in [4.78, 5) is 10.9. The third-order valence-electron chi connectivity index (χ3n) is 1.83. The Morgan fingerprint density at radius 2 is 2.23 bits per heavy atom. The molecule has 0 radical (unpaired) electrons. The normalized spacial score (nSPS) is 18.2. The molecule has 6 heteroatoms. The summed E-state index contributed by atoms with van der Waals surface area (Å²) in [6, 6.07) is 0. The van der Waals surface area contributed by atoms with Crippen molar-refractivity contribution < 1.29 is 4.79 Å². The number of rotatable bonds is 3. The number of hydrazine groups is 2. The third-order valence-corrected chi connectivity index (χ3v) is 1.83. The van der Waals surface area contributed by atoms with Gasteiger partial charge in [-0.25, -0.2) is 10.0 Å². The van der Waals surface area contributed by atoms with E-state index in [1.54, 1.807) is 0 Å². The lowest BCUT2D eigenvalue weighted by Gasteiger charge is -2.31. The molecule has 1 amide bonds. The smallest absolute Gasteiger partial charge is 0.240 e. The van der Waals surface area contributed by atoms with Crippen LogP contribution in [0.1, 0.15) is 6.92 Å². The molecule has 0 bridgehead atoms. The van der Waals surface area contributed by atoms with E-state index in [4.69, 9.17) is 5.41 Å². The first-order valence-electron chi connectivity index (χ1n) is 4.26. The molecule has 1 rings (SSSR count). The molecule has 0 saturated carbocycles. The Hall–Kier alpha value is -0.980. The van der Waals surface area contributed by atoms with Crippen LogP contribution in [0.3, 0.4) is 0 Å². The van der Waals surface area contributed by atoms with Gasteiger partial charge < -0.3 is 5.32 Å². The molecule has 1 heterocycles. The number of piperazine rings is 1. The highest BCUT2D eigenvalue weighted by atomic mass is 16.2. The van der Waals surface area contributed by atoms with E-state index >= 15 is 0 Å². The van der Waals surface area contributed by atoms with E-state index in [0.29, 0.717) is 0 Å². The maximum absolute atomic E-state index is 10.9. The largest absolute Gasteiger partial charge is 0.314 e. The Labute approximate surface area is 77.3 Å². The summed E-state index contributed by atoms with van der Waals surface area (Å²) in [5.41, 5.74) is 2.84. The van der Waals surface area contributed by atoms with Gasteiger partial charge in [0, 0.05) is 33.1 Å². The third kappa shape index (κ3) is 3.10. The lowest BCUT2D eigenvalue weighted by molar-refractivity contribution is -0.131. The lowest BCUT2D eigenvalue weighted by atomic mass is 10.4. The summed E-state index contributed by atoms with van der Waals surface area (Å²) in [7, 11) is 0. The number of carbonyl (C=O) groups excluding carboxylic acids is 1. The van der Waals surface area contributed by atoms with Gasteiger partial charge in [0.2, 0.25) is 5.91 Å². The second kappa shape index (κ2) is 4.90. The van der Waals surface area contributed by atoms with Crippen LogP contribution in [0.2, 0.25) is 0 Å². The summed E-state index contributed by atoms with van der Waals surface area (Å²) in [5.74, 6) is -0.187. The van der Waals surface area contributed by atoms with Gasteiger partial charge in [-0.2, -0.15) is 5.53 Å². The fraction of sp³-hybridized carbons (Fsp3) is 0.714. The molecule has 1 aliphatic rings. The van der Waals surface area contributed by atoms with Crippen molar-refractivity contribution >= 4 is 12.2 Å². The predicted octanol–water partition coefficient (Wildman–Crippen LogP) is -1.23. The Balaban J connectivity index is 2.35. The summed E-state index contributed by atoms with van der Waals surface area (Å²) >= 11 is 0. The Morgan fingerprint density at radius 1 is 1.62 bits per heavy atom. The summed E-state index contributed by atoms with van der Waals surface area (Å²) in [5, 5.41) is 13.2. The van der Waals surface area contributed by atoms with Crippen molar-refractivity contribution in [1.82, 2.24) is 20.9 Å². The number of hydrogen-bond acceptors (Lipinski definition) is 5. The quantitative estimate of drug-likeness (QED) is 0.292. The van der Waals surface area contributed by atoms with Gasteiger partial charge in [-0.3, -0.25) is 10.2 Å². The van der Waals surface area contributed by atoms with Gasteiger partial charge in [0.15, 0.2) is 0 Å². The summed E-state index contributed by atoms with van der Waals surface area (Å²) in [6.07, 6.45) is 0.977. The second-order valence-electron chi connectivity index (χ2n) is 2.86. The van der Waals surface area contributed by atoms with Crippen LogP contribution < -0.4 is 10.9 Å². The molecule has 13 heavy (non-hydrogen) atoms. The van der Waals surface area contributed by atoms with Gasteiger partial charge >= 0.3 is 0 Å². The molecule has 6 nitrogen and oxygen atoms in total. The number of nitrogens with one attached hydrogen (secondary N) is 3. The number of nitrogens with zero attached hydrogens (tertiary/aromatic N) is 2. The van der Waals surface area contributed by atoms with Crippen molar-refractivity contribution in [2.75, 3.05) is 26.2 Å². The van der Waals surface area contributed by atoms with Crippen LogP contribution in [0.15, 0.2) is 0 Å². The van der Waals surface area contributed by atoms with Gasteiger partial charge in [0.05, 0.1) is 0 Å². The molecule has 3 N–H and O–H groups in total. The molecule has 1 fully saturated rings. The van der Waals surface area contributed by atoms with E-state index < -0.39 is 0 Å². The van der Waals surface area contributed by atoms with E-state index in [1.807, 2.05) is 5.01 Å². The molecule has 0 spiro atoms. The van der Waals surface area contributed by atoms with Gasteiger partial charge in [0.25, 0.3) is 0 Å². The van der Waals surface area contributed by atoms with E-state index in [9.17, 15) is 4.79 Å². The molecular weight excluding hydrogens is 170 g/mol. The monoisotopic (exact) mass is 185 g/mol. The highest BCUT2D eigenvalue weighted by Gasteiger charge is 2.13. The SMILES string of the molecule is CC(=O)N(C=N)NN1CCNCC1. The first-order chi connectivity index (χ1) is 6.24. The first kappa shape index (κ1) is 10.1. The second-order valence-corrected chi connectivity index (χ2v) is 2.86. The molecule has 0 aromatic carbocycles. The van der Waals surface area contributed by atoms with Crippen molar-refractivity contribution in [1.29, 1.82) is 5.41 Å². The van der Waals surface area contributed by atoms with Gasteiger partial charge in [-0.15, -0.1) is 0 Å². The maximum atomic E-state index is 10.9.